The number of halogens is 1. The van der Waals surface area contributed by atoms with Gasteiger partial charge in [0.1, 0.15) is 0 Å². The van der Waals surface area contributed by atoms with Crippen LogP contribution in [0.4, 0.5) is 5.13 Å². The number of fused-ring (bicyclic) bond motifs is 1. The lowest BCUT2D eigenvalue weighted by Gasteiger charge is -2.22. The molecule has 8 heteroatoms. The zero-order chi connectivity index (χ0) is 18.9. The number of piperidine rings is 1. The molecule has 1 saturated heterocycles. The molecule has 5 rings (SSSR count). The summed E-state index contributed by atoms with van der Waals surface area (Å²) in [5.41, 5.74) is 5.34. The van der Waals surface area contributed by atoms with Crippen molar-refractivity contribution in [1.29, 1.82) is 0 Å². The SMILES string of the molecule is Cl.O=C(Nc1nc(-c2ccc3c(c2)CCC3)cs1)c1ccn(C2CCCNC2)n1. The molecule has 1 aliphatic heterocycles. The Labute approximate surface area is 180 Å². The summed E-state index contributed by atoms with van der Waals surface area (Å²) >= 11 is 1.45. The van der Waals surface area contributed by atoms with E-state index >= 15 is 0 Å². The minimum atomic E-state index is -0.211. The normalized spacial score (nSPS) is 18.1. The van der Waals surface area contributed by atoms with E-state index in [0.717, 1.165) is 43.6 Å². The Morgan fingerprint density at radius 2 is 2.10 bits per heavy atom. The molecular weight excluding hydrogens is 406 g/mol. The van der Waals surface area contributed by atoms with Gasteiger partial charge >= 0.3 is 0 Å². The Bertz CT molecular complexity index is 1010. The van der Waals surface area contributed by atoms with Crippen molar-refractivity contribution in [1.82, 2.24) is 20.1 Å². The molecule has 29 heavy (non-hydrogen) atoms. The first kappa shape index (κ1) is 20.1. The standard InChI is InChI=1S/C21H23N5OS.ClH/c27-20(18-8-10-26(25-18)17-5-2-9-22-12-17)24-21-23-19(13-28-21)16-7-6-14-3-1-4-15(14)11-16;/h6-8,10-11,13,17,22H,1-5,9,12H2,(H,23,24,27);1H. The van der Waals surface area contributed by atoms with E-state index in [0.29, 0.717) is 16.9 Å². The van der Waals surface area contributed by atoms with Gasteiger partial charge in [0, 0.05) is 23.7 Å². The Kier molecular flexibility index (Phi) is 5.99. The molecule has 2 N–H and O–H groups in total. The van der Waals surface area contributed by atoms with Crippen LogP contribution in [0.3, 0.4) is 0 Å². The van der Waals surface area contributed by atoms with E-state index in [4.69, 9.17) is 0 Å². The molecule has 1 aliphatic carbocycles. The van der Waals surface area contributed by atoms with Crippen LogP contribution in [0.2, 0.25) is 0 Å². The van der Waals surface area contributed by atoms with Crippen LogP contribution < -0.4 is 10.6 Å². The molecule has 0 saturated carbocycles. The van der Waals surface area contributed by atoms with Gasteiger partial charge < -0.3 is 5.32 Å². The lowest BCUT2D eigenvalue weighted by atomic mass is 10.1. The number of nitrogens with one attached hydrogen (secondary N) is 2. The summed E-state index contributed by atoms with van der Waals surface area (Å²) in [6.07, 6.45) is 7.68. The molecule has 0 radical (unpaired) electrons. The average Bonchev–Trinajstić information content (AvgIpc) is 3.48. The van der Waals surface area contributed by atoms with Crippen LogP contribution in [-0.2, 0) is 12.8 Å². The second kappa shape index (κ2) is 8.65. The second-order valence-corrected chi connectivity index (χ2v) is 8.37. The first-order chi connectivity index (χ1) is 13.8. The van der Waals surface area contributed by atoms with Crippen molar-refractivity contribution < 1.29 is 4.79 Å². The molecule has 1 unspecified atom stereocenters. The number of aryl methyl sites for hydroxylation is 2. The topological polar surface area (TPSA) is 71.8 Å². The molecule has 6 nitrogen and oxygen atoms in total. The van der Waals surface area contributed by atoms with E-state index in [1.165, 1.54) is 35.3 Å². The van der Waals surface area contributed by atoms with Gasteiger partial charge in [0.15, 0.2) is 10.8 Å². The number of hydrogen-bond donors (Lipinski definition) is 2. The molecule has 0 bridgehead atoms. The van der Waals surface area contributed by atoms with Crippen LogP contribution in [0.15, 0.2) is 35.8 Å². The summed E-state index contributed by atoms with van der Waals surface area (Å²) in [5.74, 6) is -0.211. The number of thiazole rings is 1. The first-order valence-corrected chi connectivity index (χ1v) is 10.8. The highest BCUT2D eigenvalue weighted by Crippen LogP contribution is 2.30. The minimum Gasteiger partial charge on any atom is -0.315 e. The quantitative estimate of drug-likeness (QED) is 0.655. The largest absolute Gasteiger partial charge is 0.315 e. The summed E-state index contributed by atoms with van der Waals surface area (Å²) < 4.78 is 1.90. The maximum atomic E-state index is 12.6. The third-order valence-corrected chi connectivity index (χ3v) is 6.36. The van der Waals surface area contributed by atoms with E-state index in [1.807, 2.05) is 16.3 Å². The van der Waals surface area contributed by atoms with Crippen LogP contribution in [0.5, 0.6) is 0 Å². The number of aromatic nitrogens is 3. The van der Waals surface area contributed by atoms with E-state index < -0.39 is 0 Å². The number of amides is 1. The summed E-state index contributed by atoms with van der Waals surface area (Å²) in [6, 6.07) is 8.68. The van der Waals surface area contributed by atoms with Gasteiger partial charge in [-0.25, -0.2) is 4.98 Å². The van der Waals surface area contributed by atoms with Crippen LogP contribution in [0.25, 0.3) is 11.3 Å². The Balaban J connectivity index is 0.00000205. The van der Waals surface area contributed by atoms with Crippen LogP contribution >= 0.6 is 23.7 Å². The van der Waals surface area contributed by atoms with Crippen LogP contribution in [0.1, 0.15) is 46.9 Å². The summed E-state index contributed by atoms with van der Waals surface area (Å²) in [6.45, 7) is 1.96. The Morgan fingerprint density at radius 3 is 2.97 bits per heavy atom. The molecule has 1 atom stereocenters. The van der Waals surface area contributed by atoms with Gasteiger partial charge in [-0.1, -0.05) is 12.1 Å². The van der Waals surface area contributed by atoms with Gasteiger partial charge in [0.05, 0.1) is 11.7 Å². The molecule has 1 aromatic carbocycles. The highest BCUT2D eigenvalue weighted by atomic mass is 35.5. The third-order valence-electron chi connectivity index (χ3n) is 5.60. The van der Waals surface area contributed by atoms with E-state index in [1.54, 1.807) is 6.07 Å². The van der Waals surface area contributed by atoms with Crippen LogP contribution in [0, 0.1) is 0 Å². The van der Waals surface area contributed by atoms with Crippen LogP contribution in [-0.4, -0.2) is 33.8 Å². The fraction of sp³-hybridized carbons (Fsp3) is 0.381. The zero-order valence-electron chi connectivity index (χ0n) is 16.1. The predicted molar refractivity (Wildman–Crippen MR) is 118 cm³/mol. The predicted octanol–water partition coefficient (Wildman–Crippen LogP) is 4.09. The first-order valence-electron chi connectivity index (χ1n) is 9.91. The van der Waals surface area contributed by atoms with Crippen molar-refractivity contribution in [3.05, 3.63) is 52.7 Å². The number of benzene rings is 1. The summed E-state index contributed by atoms with van der Waals surface area (Å²) in [7, 11) is 0. The van der Waals surface area contributed by atoms with E-state index in [-0.39, 0.29) is 18.3 Å². The van der Waals surface area contributed by atoms with Crippen molar-refractivity contribution in [2.45, 2.75) is 38.1 Å². The van der Waals surface area contributed by atoms with Crippen molar-refractivity contribution in [3.8, 4) is 11.3 Å². The van der Waals surface area contributed by atoms with Gasteiger partial charge in [0.2, 0.25) is 0 Å². The molecule has 1 fully saturated rings. The van der Waals surface area contributed by atoms with Crippen molar-refractivity contribution in [2.24, 2.45) is 0 Å². The lowest BCUT2D eigenvalue weighted by molar-refractivity contribution is 0.102. The fourth-order valence-corrected chi connectivity index (χ4v) is 4.79. The summed E-state index contributed by atoms with van der Waals surface area (Å²) in [5, 5.41) is 13.3. The average molecular weight is 430 g/mol. The molecule has 3 heterocycles. The van der Waals surface area contributed by atoms with E-state index in [2.05, 4.69) is 38.9 Å². The lowest BCUT2D eigenvalue weighted by Crippen LogP contribution is -2.32. The highest BCUT2D eigenvalue weighted by molar-refractivity contribution is 7.14. The van der Waals surface area contributed by atoms with Crippen molar-refractivity contribution in [2.75, 3.05) is 18.4 Å². The maximum absolute atomic E-state index is 12.6. The third kappa shape index (κ3) is 4.22. The number of hydrogen-bond acceptors (Lipinski definition) is 5. The Hall–Kier alpha value is -2.22. The molecule has 0 spiro atoms. The number of nitrogens with zero attached hydrogens (tertiary/aromatic N) is 3. The number of carbonyl (C=O) groups is 1. The van der Waals surface area contributed by atoms with Gasteiger partial charge in [-0.2, -0.15) is 5.10 Å². The molecule has 2 aromatic heterocycles. The van der Waals surface area contributed by atoms with Gasteiger partial charge in [-0.15, -0.1) is 23.7 Å². The number of rotatable bonds is 4. The van der Waals surface area contributed by atoms with E-state index in [9.17, 15) is 4.79 Å². The van der Waals surface area contributed by atoms with Crippen molar-refractivity contribution in [3.63, 3.8) is 0 Å². The monoisotopic (exact) mass is 429 g/mol. The van der Waals surface area contributed by atoms with Gasteiger partial charge in [0.25, 0.3) is 5.91 Å². The molecular formula is C21H24ClN5OS. The number of carbonyl (C=O) groups excluding carboxylic acids is 1. The number of anilines is 1. The fourth-order valence-electron chi connectivity index (χ4n) is 4.08. The maximum Gasteiger partial charge on any atom is 0.277 e. The Morgan fingerprint density at radius 1 is 1.21 bits per heavy atom. The highest BCUT2D eigenvalue weighted by Gasteiger charge is 2.19. The molecule has 1 amide bonds. The minimum absolute atomic E-state index is 0. The second-order valence-electron chi connectivity index (χ2n) is 7.51. The molecule has 2 aliphatic rings. The summed E-state index contributed by atoms with van der Waals surface area (Å²) in [4.78, 5) is 17.2. The van der Waals surface area contributed by atoms with Gasteiger partial charge in [-0.05, 0) is 61.9 Å². The smallest absolute Gasteiger partial charge is 0.277 e. The molecule has 152 valence electrons. The van der Waals surface area contributed by atoms with Gasteiger partial charge in [-0.3, -0.25) is 14.8 Å². The van der Waals surface area contributed by atoms with Crippen molar-refractivity contribution >= 4 is 34.8 Å². The molecule has 3 aromatic rings. The zero-order valence-corrected chi connectivity index (χ0v) is 17.7.